The van der Waals surface area contributed by atoms with E-state index in [0.29, 0.717) is 12.6 Å². The number of nitrogens with one attached hydrogen (secondary N) is 2. The van der Waals surface area contributed by atoms with Crippen LogP contribution in [-0.4, -0.2) is 61.3 Å². The molecule has 0 spiro atoms. The predicted octanol–water partition coefficient (Wildman–Crippen LogP) is 3.20. The molecule has 1 unspecified atom stereocenters. The van der Waals surface area contributed by atoms with Crippen molar-refractivity contribution in [3.05, 3.63) is 40.7 Å². The Morgan fingerprint density at radius 2 is 2.00 bits per heavy atom. The van der Waals surface area contributed by atoms with Gasteiger partial charge in [0.1, 0.15) is 5.01 Å². The van der Waals surface area contributed by atoms with Gasteiger partial charge >= 0.3 is 0 Å². The van der Waals surface area contributed by atoms with Gasteiger partial charge in [0.2, 0.25) is 0 Å². The maximum atomic E-state index is 5.43. The van der Waals surface area contributed by atoms with E-state index in [0.717, 1.165) is 61.6 Å². The number of aromatic nitrogens is 1. The van der Waals surface area contributed by atoms with Crippen LogP contribution in [0.25, 0.3) is 11.3 Å². The zero-order valence-corrected chi connectivity index (χ0v) is 19.7. The monoisotopic (exact) mass is 515 g/mol. The van der Waals surface area contributed by atoms with Crippen LogP contribution in [0.15, 0.2) is 40.7 Å². The molecule has 6 nitrogen and oxygen atoms in total. The number of guanidine groups is 1. The first-order valence-corrected chi connectivity index (χ1v) is 10.5. The van der Waals surface area contributed by atoms with Crippen LogP contribution in [0.4, 0.5) is 0 Å². The van der Waals surface area contributed by atoms with Gasteiger partial charge in [0.25, 0.3) is 0 Å². The maximum absolute atomic E-state index is 5.43. The minimum atomic E-state index is 0. The molecule has 1 saturated heterocycles. The number of halogens is 1. The van der Waals surface area contributed by atoms with Gasteiger partial charge in [0.05, 0.1) is 25.5 Å². The van der Waals surface area contributed by atoms with Crippen LogP contribution in [0, 0.1) is 0 Å². The van der Waals surface area contributed by atoms with Gasteiger partial charge in [-0.15, -0.1) is 35.3 Å². The maximum Gasteiger partial charge on any atom is 0.191 e. The van der Waals surface area contributed by atoms with E-state index in [9.17, 15) is 0 Å². The summed E-state index contributed by atoms with van der Waals surface area (Å²) in [6, 6.07) is 10.7. The van der Waals surface area contributed by atoms with E-state index in [-0.39, 0.29) is 24.0 Å². The Bertz CT molecular complexity index is 718. The smallest absolute Gasteiger partial charge is 0.191 e. The number of ether oxygens (including phenoxy) is 1. The average Bonchev–Trinajstić information content (AvgIpc) is 3.20. The summed E-state index contributed by atoms with van der Waals surface area (Å²) in [6.45, 7) is 10.3. The standard InChI is InChI=1S/C20H29N5OS.HI/c1-3-21-20(22-13-16(2)25-9-11-26-12-10-25)23-14-19-24-18(15-27-19)17-7-5-4-6-8-17;/h4-8,15-16H,3,9-14H2,1-2H3,(H2,21,22,23);1H. The van der Waals surface area contributed by atoms with Crippen molar-refractivity contribution >= 4 is 41.3 Å². The highest BCUT2D eigenvalue weighted by molar-refractivity contribution is 14.0. The summed E-state index contributed by atoms with van der Waals surface area (Å²) in [5.74, 6) is 0.842. The van der Waals surface area contributed by atoms with Gasteiger partial charge in [0, 0.05) is 43.2 Å². The fraction of sp³-hybridized carbons (Fsp3) is 0.500. The summed E-state index contributed by atoms with van der Waals surface area (Å²) < 4.78 is 5.43. The summed E-state index contributed by atoms with van der Waals surface area (Å²) >= 11 is 1.66. The Kier molecular flexibility index (Phi) is 10.2. The first-order valence-electron chi connectivity index (χ1n) is 9.60. The lowest BCUT2D eigenvalue weighted by molar-refractivity contribution is 0.0211. The molecule has 1 fully saturated rings. The van der Waals surface area contributed by atoms with Gasteiger partial charge in [-0.2, -0.15) is 0 Å². The second-order valence-electron chi connectivity index (χ2n) is 6.57. The quantitative estimate of drug-likeness (QED) is 0.337. The highest BCUT2D eigenvalue weighted by atomic mass is 127. The second-order valence-corrected chi connectivity index (χ2v) is 7.51. The lowest BCUT2D eigenvalue weighted by Crippen LogP contribution is -2.49. The fourth-order valence-corrected chi connectivity index (χ4v) is 3.73. The number of morpholine rings is 1. The number of thiazole rings is 1. The molecule has 0 bridgehead atoms. The molecule has 3 rings (SSSR count). The lowest BCUT2D eigenvalue weighted by Gasteiger charge is -2.32. The Morgan fingerprint density at radius 3 is 2.71 bits per heavy atom. The minimum Gasteiger partial charge on any atom is -0.379 e. The van der Waals surface area contributed by atoms with Crippen LogP contribution in [0.3, 0.4) is 0 Å². The van der Waals surface area contributed by atoms with Crippen molar-refractivity contribution in [1.29, 1.82) is 0 Å². The molecule has 0 saturated carbocycles. The number of nitrogens with zero attached hydrogens (tertiary/aromatic N) is 3. The lowest BCUT2D eigenvalue weighted by atomic mass is 10.2. The van der Waals surface area contributed by atoms with Crippen LogP contribution < -0.4 is 10.6 Å². The van der Waals surface area contributed by atoms with Crippen LogP contribution >= 0.6 is 35.3 Å². The number of rotatable bonds is 7. The highest BCUT2D eigenvalue weighted by Gasteiger charge is 2.17. The first kappa shape index (κ1) is 23.1. The largest absolute Gasteiger partial charge is 0.379 e. The Morgan fingerprint density at radius 1 is 1.25 bits per heavy atom. The van der Waals surface area contributed by atoms with E-state index in [1.54, 1.807) is 11.3 Å². The molecular weight excluding hydrogens is 485 g/mol. The molecule has 1 aliphatic heterocycles. The van der Waals surface area contributed by atoms with Crippen molar-refractivity contribution in [2.24, 2.45) is 4.99 Å². The van der Waals surface area contributed by atoms with Gasteiger partial charge in [-0.3, -0.25) is 4.90 Å². The first-order chi connectivity index (χ1) is 13.3. The van der Waals surface area contributed by atoms with E-state index < -0.39 is 0 Å². The van der Waals surface area contributed by atoms with Gasteiger partial charge in [-0.1, -0.05) is 30.3 Å². The summed E-state index contributed by atoms with van der Waals surface area (Å²) in [6.07, 6.45) is 0. The summed E-state index contributed by atoms with van der Waals surface area (Å²) in [5.41, 5.74) is 2.16. The summed E-state index contributed by atoms with van der Waals surface area (Å²) in [7, 11) is 0. The van der Waals surface area contributed by atoms with Crippen molar-refractivity contribution in [2.75, 3.05) is 39.4 Å². The Labute approximate surface area is 188 Å². The molecule has 0 aliphatic carbocycles. The van der Waals surface area contributed by atoms with Gasteiger partial charge in [-0.25, -0.2) is 9.98 Å². The topological polar surface area (TPSA) is 61.8 Å². The van der Waals surface area contributed by atoms with Crippen molar-refractivity contribution < 1.29 is 4.74 Å². The van der Waals surface area contributed by atoms with Gasteiger partial charge in [0.15, 0.2) is 5.96 Å². The van der Waals surface area contributed by atoms with Crippen LogP contribution in [0.5, 0.6) is 0 Å². The molecule has 1 aliphatic rings. The number of hydrogen-bond acceptors (Lipinski definition) is 5. The normalized spacial score (nSPS) is 16.3. The van der Waals surface area contributed by atoms with Gasteiger partial charge in [-0.05, 0) is 13.8 Å². The van der Waals surface area contributed by atoms with E-state index >= 15 is 0 Å². The molecule has 154 valence electrons. The molecule has 2 aromatic rings. The zero-order chi connectivity index (χ0) is 18.9. The summed E-state index contributed by atoms with van der Waals surface area (Å²) in [5, 5.41) is 9.90. The molecule has 28 heavy (non-hydrogen) atoms. The van der Waals surface area contributed by atoms with Crippen LogP contribution in [0.1, 0.15) is 18.9 Å². The highest BCUT2D eigenvalue weighted by Crippen LogP contribution is 2.21. The van der Waals surface area contributed by atoms with Crippen LogP contribution in [-0.2, 0) is 11.3 Å². The van der Waals surface area contributed by atoms with Crippen molar-refractivity contribution in [3.8, 4) is 11.3 Å². The van der Waals surface area contributed by atoms with Crippen molar-refractivity contribution in [2.45, 2.75) is 26.4 Å². The molecule has 2 heterocycles. The van der Waals surface area contributed by atoms with E-state index in [1.807, 2.05) is 18.2 Å². The zero-order valence-electron chi connectivity index (χ0n) is 16.6. The van der Waals surface area contributed by atoms with Crippen molar-refractivity contribution in [1.82, 2.24) is 20.5 Å². The van der Waals surface area contributed by atoms with Crippen molar-refractivity contribution in [3.63, 3.8) is 0 Å². The molecule has 1 atom stereocenters. The van der Waals surface area contributed by atoms with E-state index in [4.69, 9.17) is 14.7 Å². The molecule has 2 N–H and O–H groups in total. The minimum absolute atomic E-state index is 0. The SMILES string of the molecule is CCNC(=NCc1nc(-c2ccccc2)cs1)NCC(C)N1CCOCC1.I. The second kappa shape index (κ2) is 12.4. The Hall–Kier alpha value is -1.23. The Balaban J connectivity index is 0.00000280. The van der Waals surface area contributed by atoms with E-state index in [1.165, 1.54) is 0 Å². The molecule has 0 radical (unpaired) electrons. The number of aliphatic imine (C=N–C) groups is 1. The average molecular weight is 515 g/mol. The number of benzene rings is 1. The number of hydrogen-bond donors (Lipinski definition) is 2. The fourth-order valence-electron chi connectivity index (χ4n) is 3.01. The molecule has 8 heteroatoms. The molecule has 1 aromatic heterocycles. The third-order valence-electron chi connectivity index (χ3n) is 4.57. The summed E-state index contributed by atoms with van der Waals surface area (Å²) in [4.78, 5) is 11.9. The molecule has 0 amide bonds. The molecular formula is C20H30IN5OS. The van der Waals surface area contributed by atoms with Gasteiger partial charge < -0.3 is 15.4 Å². The van der Waals surface area contributed by atoms with Crippen LogP contribution in [0.2, 0.25) is 0 Å². The molecule has 1 aromatic carbocycles. The predicted molar refractivity (Wildman–Crippen MR) is 128 cm³/mol. The third-order valence-corrected chi connectivity index (χ3v) is 5.41. The third kappa shape index (κ3) is 6.98. The van der Waals surface area contributed by atoms with E-state index in [2.05, 4.69) is 46.9 Å².